The third-order valence-corrected chi connectivity index (χ3v) is 6.58. The molecule has 5 heteroatoms. The monoisotopic (exact) mass is 455 g/mol. The molecule has 0 radical (unpaired) electrons. The standard InChI is InChI=1S/C29H33N3O2/c1-3-4-5-9-16-28(34)31-27-21-32(25-15-11-10-14-24(25)20-30-27)29(2)19-23(17-18-26(29)33)22-12-7-6-8-13-22/h6-8,10-15,17-20,27H,3-5,9,16,21H2,1-2H3,(H,31,34)/t27-,29?/m0/s1. The van der Waals surface area contributed by atoms with E-state index in [1.165, 1.54) is 0 Å². The highest BCUT2D eigenvalue weighted by Gasteiger charge is 2.40. The Morgan fingerprint density at radius 1 is 1.06 bits per heavy atom. The van der Waals surface area contributed by atoms with Crippen LogP contribution in [-0.2, 0) is 9.59 Å². The van der Waals surface area contributed by atoms with Crippen molar-refractivity contribution >= 4 is 29.2 Å². The fraction of sp³-hybridized carbons (Fsp3) is 0.345. The van der Waals surface area contributed by atoms with E-state index in [1.54, 1.807) is 6.08 Å². The van der Waals surface area contributed by atoms with Crippen LogP contribution >= 0.6 is 0 Å². The molecule has 1 unspecified atom stereocenters. The zero-order chi connectivity index (χ0) is 24.0. The van der Waals surface area contributed by atoms with Gasteiger partial charge in [0.1, 0.15) is 11.7 Å². The number of carbonyl (C=O) groups is 2. The summed E-state index contributed by atoms with van der Waals surface area (Å²) >= 11 is 0. The maximum absolute atomic E-state index is 13.3. The van der Waals surface area contributed by atoms with Crippen molar-refractivity contribution in [3.63, 3.8) is 0 Å². The molecule has 4 rings (SSSR count). The Hall–Kier alpha value is -3.47. The van der Waals surface area contributed by atoms with Crippen LogP contribution in [0, 0.1) is 0 Å². The van der Waals surface area contributed by atoms with E-state index in [4.69, 9.17) is 0 Å². The van der Waals surface area contributed by atoms with Gasteiger partial charge in [-0.1, -0.05) is 80.8 Å². The molecule has 2 aliphatic rings. The van der Waals surface area contributed by atoms with E-state index < -0.39 is 11.7 Å². The first kappa shape index (κ1) is 23.7. The number of hydrogen-bond donors (Lipinski definition) is 1. The highest BCUT2D eigenvalue weighted by Crippen LogP contribution is 2.35. The van der Waals surface area contributed by atoms with Gasteiger partial charge in [-0.2, -0.15) is 0 Å². The van der Waals surface area contributed by atoms with E-state index in [1.807, 2.05) is 79.9 Å². The Morgan fingerprint density at radius 3 is 2.62 bits per heavy atom. The van der Waals surface area contributed by atoms with Crippen LogP contribution in [0.15, 0.2) is 77.8 Å². The predicted molar refractivity (Wildman–Crippen MR) is 139 cm³/mol. The average molecular weight is 456 g/mol. The smallest absolute Gasteiger partial charge is 0.221 e. The second-order valence-corrected chi connectivity index (χ2v) is 9.15. The number of nitrogens with one attached hydrogen (secondary N) is 1. The van der Waals surface area contributed by atoms with Crippen molar-refractivity contribution in [1.82, 2.24) is 5.32 Å². The van der Waals surface area contributed by atoms with Crippen LogP contribution in [0.2, 0.25) is 0 Å². The Kier molecular flexibility index (Phi) is 7.41. The summed E-state index contributed by atoms with van der Waals surface area (Å²) in [6.45, 7) is 4.52. The van der Waals surface area contributed by atoms with Crippen LogP contribution in [0.25, 0.3) is 5.57 Å². The van der Waals surface area contributed by atoms with Gasteiger partial charge in [-0.3, -0.25) is 14.6 Å². The lowest BCUT2D eigenvalue weighted by molar-refractivity contribution is -0.121. The fourth-order valence-electron chi connectivity index (χ4n) is 4.60. The average Bonchev–Trinajstić information content (AvgIpc) is 3.04. The summed E-state index contributed by atoms with van der Waals surface area (Å²) in [6, 6.07) is 18.0. The number of nitrogens with zero attached hydrogens (tertiary/aromatic N) is 2. The number of benzene rings is 2. The number of benzodiazepines with no additional fused rings is 1. The van der Waals surface area contributed by atoms with Gasteiger partial charge in [-0.25, -0.2) is 0 Å². The van der Waals surface area contributed by atoms with Gasteiger partial charge in [0, 0.05) is 23.9 Å². The number of fused-ring (bicyclic) bond motifs is 1. The summed E-state index contributed by atoms with van der Waals surface area (Å²) in [5.74, 6) is 0.0122. The molecular weight excluding hydrogens is 422 g/mol. The summed E-state index contributed by atoms with van der Waals surface area (Å²) in [5.41, 5.74) is 3.02. The Labute approximate surface area is 202 Å². The van der Waals surface area contributed by atoms with E-state index in [2.05, 4.69) is 22.1 Å². The van der Waals surface area contributed by atoms with Crippen molar-refractivity contribution in [2.45, 2.75) is 57.7 Å². The highest BCUT2D eigenvalue weighted by molar-refractivity contribution is 6.08. The number of ketones is 1. The first-order valence-corrected chi connectivity index (χ1v) is 12.2. The molecule has 1 amide bonds. The number of hydrogen-bond acceptors (Lipinski definition) is 4. The third kappa shape index (κ3) is 5.19. The molecule has 0 spiro atoms. The molecule has 0 bridgehead atoms. The van der Waals surface area contributed by atoms with Crippen LogP contribution in [0.5, 0.6) is 0 Å². The van der Waals surface area contributed by atoms with Crippen molar-refractivity contribution in [3.8, 4) is 0 Å². The SMILES string of the molecule is CCCCCCC(=O)N[C@H]1CN(C2(C)C=C(c3ccccc3)C=CC2=O)c2ccccc2C=N1. The van der Waals surface area contributed by atoms with Gasteiger partial charge in [0.25, 0.3) is 0 Å². The van der Waals surface area contributed by atoms with Gasteiger partial charge in [-0.05, 0) is 42.7 Å². The second-order valence-electron chi connectivity index (χ2n) is 9.15. The van der Waals surface area contributed by atoms with Crippen LogP contribution in [0.1, 0.15) is 57.1 Å². The second kappa shape index (κ2) is 10.6. The topological polar surface area (TPSA) is 61.8 Å². The number of carbonyl (C=O) groups excluding carboxylic acids is 2. The van der Waals surface area contributed by atoms with E-state index in [-0.39, 0.29) is 11.7 Å². The van der Waals surface area contributed by atoms with Crippen LogP contribution in [-0.4, -0.2) is 36.2 Å². The summed E-state index contributed by atoms with van der Waals surface area (Å²) in [6.07, 6.45) is 11.7. The molecule has 2 aromatic carbocycles. The number of unbranched alkanes of at least 4 members (excludes halogenated alkanes) is 3. The number of allylic oxidation sites excluding steroid dienone is 2. The van der Waals surface area contributed by atoms with Gasteiger partial charge in [0.2, 0.25) is 5.91 Å². The van der Waals surface area contributed by atoms with E-state index in [0.717, 1.165) is 48.1 Å². The minimum atomic E-state index is -0.909. The lowest BCUT2D eigenvalue weighted by Crippen LogP contribution is -2.56. The van der Waals surface area contributed by atoms with E-state index >= 15 is 0 Å². The normalized spacial score (nSPS) is 21.6. The molecule has 1 heterocycles. The minimum Gasteiger partial charge on any atom is -0.351 e. The van der Waals surface area contributed by atoms with Gasteiger partial charge in [0.15, 0.2) is 5.78 Å². The Balaban J connectivity index is 1.63. The van der Waals surface area contributed by atoms with Crippen LogP contribution in [0.3, 0.4) is 0 Å². The van der Waals surface area contributed by atoms with Crippen molar-refractivity contribution in [3.05, 3.63) is 84.0 Å². The molecule has 1 N–H and O–H groups in total. The van der Waals surface area contributed by atoms with Crippen LogP contribution in [0.4, 0.5) is 5.69 Å². The van der Waals surface area contributed by atoms with Gasteiger partial charge >= 0.3 is 0 Å². The van der Waals surface area contributed by atoms with E-state index in [9.17, 15) is 9.59 Å². The molecule has 0 aromatic heterocycles. The molecule has 34 heavy (non-hydrogen) atoms. The quantitative estimate of drug-likeness (QED) is 0.548. The summed E-state index contributed by atoms with van der Waals surface area (Å²) in [4.78, 5) is 32.7. The number of para-hydroxylation sites is 1. The van der Waals surface area contributed by atoms with Crippen molar-refractivity contribution in [2.24, 2.45) is 4.99 Å². The third-order valence-electron chi connectivity index (χ3n) is 6.58. The predicted octanol–water partition coefficient (Wildman–Crippen LogP) is 5.32. The molecule has 1 aliphatic carbocycles. The number of anilines is 1. The molecule has 0 saturated heterocycles. The number of rotatable bonds is 8. The van der Waals surface area contributed by atoms with Gasteiger partial charge in [0.05, 0.1) is 6.54 Å². The zero-order valence-electron chi connectivity index (χ0n) is 20.0. The van der Waals surface area contributed by atoms with Gasteiger partial charge in [-0.15, -0.1) is 0 Å². The molecule has 0 saturated carbocycles. The summed E-state index contributed by atoms with van der Waals surface area (Å²) < 4.78 is 0. The lowest BCUT2D eigenvalue weighted by atomic mass is 9.84. The molecular formula is C29H33N3O2. The van der Waals surface area contributed by atoms with E-state index in [0.29, 0.717) is 13.0 Å². The highest BCUT2D eigenvalue weighted by atomic mass is 16.2. The Bertz CT molecular complexity index is 1120. The zero-order valence-corrected chi connectivity index (χ0v) is 20.0. The molecule has 1 aliphatic heterocycles. The van der Waals surface area contributed by atoms with Gasteiger partial charge < -0.3 is 10.2 Å². The first-order valence-electron chi connectivity index (χ1n) is 12.2. The minimum absolute atomic E-state index is 0.00435. The maximum Gasteiger partial charge on any atom is 0.221 e. The molecule has 2 aromatic rings. The first-order chi connectivity index (χ1) is 16.5. The van der Waals surface area contributed by atoms with Crippen molar-refractivity contribution in [2.75, 3.05) is 11.4 Å². The molecule has 176 valence electrons. The fourth-order valence-corrected chi connectivity index (χ4v) is 4.60. The summed E-state index contributed by atoms with van der Waals surface area (Å²) in [7, 11) is 0. The van der Waals surface area contributed by atoms with Crippen LogP contribution < -0.4 is 10.2 Å². The number of aliphatic imine (C=N–C) groups is 1. The Morgan fingerprint density at radius 2 is 1.82 bits per heavy atom. The summed E-state index contributed by atoms with van der Waals surface area (Å²) in [5, 5.41) is 3.09. The molecule has 2 atom stereocenters. The number of amides is 1. The largest absolute Gasteiger partial charge is 0.351 e. The maximum atomic E-state index is 13.3. The lowest BCUT2D eigenvalue weighted by Gasteiger charge is -2.42. The molecule has 5 nitrogen and oxygen atoms in total. The van der Waals surface area contributed by atoms with Crippen molar-refractivity contribution in [1.29, 1.82) is 0 Å². The van der Waals surface area contributed by atoms with Crippen molar-refractivity contribution < 1.29 is 9.59 Å². The molecule has 0 fully saturated rings.